The van der Waals surface area contributed by atoms with Crippen LogP contribution < -0.4 is 5.32 Å². The molecule has 0 aromatic carbocycles. The van der Waals surface area contributed by atoms with Crippen LogP contribution in [0.1, 0.15) is 19.3 Å². The maximum Gasteiger partial charge on any atom is 0.508 e. The number of ether oxygens (including phenoxy) is 8. The molecule has 0 aromatic heterocycles. The van der Waals surface area contributed by atoms with Gasteiger partial charge in [-0.2, -0.15) is 0 Å². The monoisotopic (exact) mass is 433 g/mol. The van der Waals surface area contributed by atoms with Gasteiger partial charge in [-0.15, -0.1) is 0 Å². The van der Waals surface area contributed by atoms with Gasteiger partial charge in [0, 0.05) is 0 Å². The first-order valence-electron chi connectivity index (χ1n) is 9.52. The Morgan fingerprint density at radius 3 is 2.03 bits per heavy atom. The number of nitrogens with one attached hydrogen (secondary N) is 1. The summed E-state index contributed by atoms with van der Waals surface area (Å²) in [5.41, 5.74) is 0. The van der Waals surface area contributed by atoms with Gasteiger partial charge in [0.1, 0.15) is 32.0 Å². The molecule has 4 saturated heterocycles. The Labute approximate surface area is 171 Å². The van der Waals surface area contributed by atoms with Crippen LogP contribution >= 0.6 is 0 Å². The van der Waals surface area contributed by atoms with E-state index in [-0.39, 0.29) is 44.7 Å². The van der Waals surface area contributed by atoms with Gasteiger partial charge in [-0.05, 0) is 19.3 Å². The molecule has 0 aliphatic carbocycles. The molecule has 13 heteroatoms. The van der Waals surface area contributed by atoms with Crippen molar-refractivity contribution in [2.45, 2.75) is 43.7 Å². The normalized spacial score (nSPS) is 28.6. The van der Waals surface area contributed by atoms with Crippen LogP contribution in [-0.2, 0) is 37.9 Å². The number of unbranched alkanes of at least 4 members (excludes halogenated alkanes) is 1. The van der Waals surface area contributed by atoms with E-state index in [1.54, 1.807) is 0 Å². The van der Waals surface area contributed by atoms with E-state index in [1.165, 1.54) is 0 Å². The fourth-order valence-corrected chi connectivity index (χ4v) is 2.66. The van der Waals surface area contributed by atoms with Gasteiger partial charge in [-0.1, -0.05) is 0 Å². The summed E-state index contributed by atoms with van der Waals surface area (Å²) >= 11 is 0. The lowest BCUT2D eigenvalue weighted by Gasteiger charge is -2.09. The Bertz CT molecular complexity index is 636. The molecule has 4 aliphatic heterocycles. The lowest BCUT2D eigenvalue weighted by Crippen LogP contribution is -2.33. The van der Waals surface area contributed by atoms with Crippen molar-refractivity contribution in [2.24, 2.45) is 0 Å². The average Bonchev–Trinajstić information content (AvgIpc) is 3.12. The summed E-state index contributed by atoms with van der Waals surface area (Å²) in [5.74, 6) is 0. The van der Waals surface area contributed by atoms with Gasteiger partial charge in [0.25, 0.3) is 0 Å². The van der Waals surface area contributed by atoms with Crippen molar-refractivity contribution in [3.63, 3.8) is 0 Å². The number of epoxide rings is 1. The molecule has 168 valence electrons. The second kappa shape index (κ2) is 10.7. The molecule has 0 bridgehead atoms. The van der Waals surface area contributed by atoms with Crippen molar-refractivity contribution in [1.82, 2.24) is 5.32 Å². The SMILES string of the molecule is O=C(NCC1COC(=O)O1)OCCCCC1COC(=O)O1.O=C1OCC(C2CO2)O1. The first-order chi connectivity index (χ1) is 14.5. The van der Waals surface area contributed by atoms with Crippen LogP contribution in [0.5, 0.6) is 0 Å². The Morgan fingerprint density at radius 1 is 0.833 bits per heavy atom. The lowest BCUT2D eigenvalue weighted by molar-refractivity contribution is 0.109. The van der Waals surface area contributed by atoms with E-state index < -0.39 is 30.7 Å². The smallest absolute Gasteiger partial charge is 0.450 e. The number of amides is 1. The van der Waals surface area contributed by atoms with E-state index in [2.05, 4.69) is 19.5 Å². The van der Waals surface area contributed by atoms with E-state index in [9.17, 15) is 19.2 Å². The Hall–Kier alpha value is -2.96. The summed E-state index contributed by atoms with van der Waals surface area (Å²) in [7, 11) is 0. The minimum Gasteiger partial charge on any atom is -0.450 e. The average molecular weight is 433 g/mol. The van der Waals surface area contributed by atoms with Crippen LogP contribution in [-0.4, -0.2) is 88.6 Å². The minimum atomic E-state index is -0.730. The molecular formula is C17H23NO12. The van der Waals surface area contributed by atoms with Gasteiger partial charge in [0.15, 0.2) is 12.2 Å². The number of alkyl carbamates (subject to hydrolysis) is 1. The summed E-state index contributed by atoms with van der Waals surface area (Å²) in [5, 5.41) is 2.48. The zero-order valence-electron chi connectivity index (χ0n) is 16.1. The Kier molecular flexibility index (Phi) is 7.76. The van der Waals surface area contributed by atoms with Crippen LogP contribution in [0.2, 0.25) is 0 Å². The summed E-state index contributed by atoms with van der Waals surface area (Å²) < 4.78 is 37.9. The molecule has 0 spiro atoms. The number of rotatable bonds is 8. The van der Waals surface area contributed by atoms with Gasteiger partial charge >= 0.3 is 24.6 Å². The van der Waals surface area contributed by atoms with E-state index in [0.717, 1.165) is 6.42 Å². The molecule has 30 heavy (non-hydrogen) atoms. The third kappa shape index (κ3) is 7.46. The highest BCUT2D eigenvalue weighted by molar-refractivity contribution is 5.67. The molecule has 4 atom stereocenters. The third-order valence-corrected chi connectivity index (χ3v) is 4.31. The van der Waals surface area contributed by atoms with Crippen molar-refractivity contribution in [3.8, 4) is 0 Å². The van der Waals surface area contributed by atoms with Gasteiger partial charge in [-0.3, -0.25) is 0 Å². The molecule has 0 saturated carbocycles. The zero-order valence-corrected chi connectivity index (χ0v) is 16.1. The number of carbonyl (C=O) groups excluding carboxylic acids is 4. The fourth-order valence-electron chi connectivity index (χ4n) is 2.66. The highest BCUT2D eigenvalue weighted by atomic mass is 16.8. The number of carbonyl (C=O) groups is 4. The Morgan fingerprint density at radius 2 is 1.47 bits per heavy atom. The van der Waals surface area contributed by atoms with Crippen LogP contribution in [0.3, 0.4) is 0 Å². The summed E-state index contributed by atoms with van der Waals surface area (Å²) in [6.07, 6.45) is -1.14. The number of hydrogen-bond donors (Lipinski definition) is 1. The summed E-state index contributed by atoms with van der Waals surface area (Å²) in [6, 6.07) is 0. The first kappa shape index (κ1) is 21.7. The van der Waals surface area contributed by atoms with Crippen LogP contribution in [0.25, 0.3) is 0 Å². The molecule has 13 nitrogen and oxygen atoms in total. The number of hydrogen-bond acceptors (Lipinski definition) is 12. The lowest BCUT2D eigenvalue weighted by atomic mass is 10.2. The predicted molar refractivity (Wildman–Crippen MR) is 91.6 cm³/mol. The van der Waals surface area contributed by atoms with E-state index in [4.69, 9.17) is 23.7 Å². The maximum atomic E-state index is 11.3. The molecular weight excluding hydrogens is 410 g/mol. The van der Waals surface area contributed by atoms with Crippen molar-refractivity contribution in [2.75, 3.05) is 39.6 Å². The predicted octanol–water partition coefficient (Wildman–Crippen LogP) is 0.874. The fraction of sp³-hybridized carbons (Fsp3) is 0.765. The highest BCUT2D eigenvalue weighted by Gasteiger charge is 2.40. The molecule has 4 rings (SSSR count). The third-order valence-electron chi connectivity index (χ3n) is 4.31. The molecule has 4 fully saturated rings. The summed E-state index contributed by atoms with van der Waals surface area (Å²) in [4.78, 5) is 42.9. The first-order valence-corrected chi connectivity index (χ1v) is 9.52. The van der Waals surface area contributed by atoms with E-state index in [0.29, 0.717) is 26.1 Å². The number of cyclic esters (lactones) is 6. The second-order valence-electron chi connectivity index (χ2n) is 6.70. The van der Waals surface area contributed by atoms with E-state index >= 15 is 0 Å². The molecule has 1 N–H and O–H groups in total. The molecule has 1 amide bonds. The summed E-state index contributed by atoms with van der Waals surface area (Å²) in [6.45, 7) is 1.86. The van der Waals surface area contributed by atoms with Gasteiger partial charge in [0.05, 0.1) is 19.8 Å². The van der Waals surface area contributed by atoms with Gasteiger partial charge in [-0.25, -0.2) is 19.2 Å². The van der Waals surface area contributed by atoms with Crippen molar-refractivity contribution < 1.29 is 57.1 Å². The molecule has 0 radical (unpaired) electrons. The van der Waals surface area contributed by atoms with Gasteiger partial charge < -0.3 is 43.2 Å². The quantitative estimate of drug-likeness (QED) is 0.250. The molecule has 0 aromatic rings. The largest absolute Gasteiger partial charge is 0.508 e. The van der Waals surface area contributed by atoms with Gasteiger partial charge in [0.2, 0.25) is 0 Å². The van der Waals surface area contributed by atoms with Crippen molar-refractivity contribution >= 4 is 24.6 Å². The zero-order chi connectivity index (χ0) is 21.3. The topological polar surface area (TPSA) is 157 Å². The van der Waals surface area contributed by atoms with Crippen LogP contribution in [0, 0.1) is 0 Å². The molecule has 4 unspecified atom stereocenters. The highest BCUT2D eigenvalue weighted by Crippen LogP contribution is 2.21. The van der Waals surface area contributed by atoms with Crippen LogP contribution in [0.15, 0.2) is 0 Å². The molecule has 4 heterocycles. The van der Waals surface area contributed by atoms with Crippen molar-refractivity contribution in [1.29, 1.82) is 0 Å². The van der Waals surface area contributed by atoms with Crippen molar-refractivity contribution in [3.05, 3.63) is 0 Å². The standard InChI is InChI=1S/C12H17NO8.C5H6O4/c14-10(13-5-9-7-19-12(16)21-9)17-4-2-1-3-8-6-18-11(15)20-8;6-5-8-2-4(9-5)3-1-7-3/h8-9H,1-7H2,(H,13,14);3-4H,1-2H2. The maximum absolute atomic E-state index is 11.3. The van der Waals surface area contributed by atoms with Crippen LogP contribution in [0.4, 0.5) is 19.2 Å². The second-order valence-corrected chi connectivity index (χ2v) is 6.70. The Balaban J connectivity index is 0.000000234. The molecule has 4 aliphatic rings. The minimum absolute atomic E-state index is 0.108. The van der Waals surface area contributed by atoms with E-state index in [1.807, 2.05) is 0 Å².